The van der Waals surface area contributed by atoms with Crippen LogP contribution in [-0.4, -0.2) is 38.9 Å². The maximum absolute atomic E-state index is 12.4. The highest BCUT2D eigenvalue weighted by atomic mass is 35.5. The van der Waals surface area contributed by atoms with E-state index >= 15 is 0 Å². The van der Waals surface area contributed by atoms with Gasteiger partial charge >= 0.3 is 0 Å². The first-order valence-electron chi connectivity index (χ1n) is 9.04. The third kappa shape index (κ3) is 5.31. The first-order chi connectivity index (χ1) is 13.0. The van der Waals surface area contributed by atoms with Crippen LogP contribution in [0.1, 0.15) is 30.7 Å². The molecule has 1 aliphatic heterocycles. The fourth-order valence-corrected chi connectivity index (χ4v) is 4.69. The van der Waals surface area contributed by atoms with Crippen LogP contribution in [0.25, 0.3) is 0 Å². The summed E-state index contributed by atoms with van der Waals surface area (Å²) >= 11 is 5.84. The fraction of sp³-hybridized carbons (Fsp3) is 0.350. The van der Waals surface area contributed by atoms with Gasteiger partial charge < -0.3 is 4.90 Å². The van der Waals surface area contributed by atoms with Crippen molar-refractivity contribution >= 4 is 27.5 Å². The Labute approximate surface area is 165 Å². The molecule has 0 radical (unpaired) electrons. The molecule has 1 saturated heterocycles. The third-order valence-electron chi connectivity index (χ3n) is 4.86. The lowest BCUT2D eigenvalue weighted by atomic mass is 9.89. The lowest BCUT2D eigenvalue weighted by Crippen LogP contribution is -2.39. The van der Waals surface area contributed by atoms with Gasteiger partial charge in [0.1, 0.15) is 0 Å². The van der Waals surface area contributed by atoms with Gasteiger partial charge in [0.15, 0.2) is 0 Å². The topological polar surface area (TPSA) is 66.5 Å². The van der Waals surface area contributed by atoms with Crippen molar-refractivity contribution in [2.75, 3.05) is 19.6 Å². The Hall–Kier alpha value is -1.89. The molecule has 27 heavy (non-hydrogen) atoms. The number of benzene rings is 2. The summed E-state index contributed by atoms with van der Waals surface area (Å²) in [5, 5.41) is 0.357. The normalized spacial score (nSPS) is 15.7. The first kappa shape index (κ1) is 19.9. The van der Waals surface area contributed by atoms with Crippen molar-refractivity contribution in [1.82, 2.24) is 9.62 Å². The highest BCUT2D eigenvalue weighted by Gasteiger charge is 2.24. The van der Waals surface area contributed by atoms with Gasteiger partial charge in [0, 0.05) is 31.1 Å². The van der Waals surface area contributed by atoms with Gasteiger partial charge in [0.2, 0.25) is 15.9 Å². The molecule has 3 rings (SSSR count). The first-order valence-corrected chi connectivity index (χ1v) is 10.9. The molecule has 144 valence electrons. The number of nitrogens with zero attached hydrogens (tertiary/aromatic N) is 1. The van der Waals surface area contributed by atoms with Crippen LogP contribution in [0, 0.1) is 0 Å². The Morgan fingerprint density at radius 2 is 1.78 bits per heavy atom. The number of carbonyl (C=O) groups is 1. The van der Waals surface area contributed by atoms with Crippen LogP contribution >= 0.6 is 11.6 Å². The Morgan fingerprint density at radius 3 is 2.44 bits per heavy atom. The van der Waals surface area contributed by atoms with Crippen molar-refractivity contribution in [3.8, 4) is 0 Å². The number of nitrogens with one attached hydrogen (secondary N) is 1. The largest absolute Gasteiger partial charge is 0.343 e. The van der Waals surface area contributed by atoms with Gasteiger partial charge in [-0.1, -0.05) is 48.0 Å². The van der Waals surface area contributed by atoms with Crippen molar-refractivity contribution in [1.29, 1.82) is 0 Å². The van der Waals surface area contributed by atoms with E-state index < -0.39 is 10.0 Å². The SMILES string of the molecule is O=C(CCNS(=O)(=O)c1cccc(Cl)c1)N1CCC(c2ccccc2)CC1. The van der Waals surface area contributed by atoms with Crippen molar-refractivity contribution in [3.05, 3.63) is 65.2 Å². The summed E-state index contributed by atoms with van der Waals surface area (Å²) in [6.07, 6.45) is 2.02. The zero-order valence-corrected chi connectivity index (χ0v) is 16.5. The molecule has 0 aliphatic carbocycles. The van der Waals surface area contributed by atoms with Gasteiger partial charge in [-0.3, -0.25) is 4.79 Å². The highest BCUT2D eigenvalue weighted by molar-refractivity contribution is 7.89. The predicted octanol–water partition coefficient (Wildman–Crippen LogP) is 3.41. The summed E-state index contributed by atoms with van der Waals surface area (Å²) < 4.78 is 27.0. The van der Waals surface area contributed by atoms with Crippen LogP contribution in [0.3, 0.4) is 0 Å². The van der Waals surface area contributed by atoms with Crippen molar-refractivity contribution in [3.63, 3.8) is 0 Å². The van der Waals surface area contributed by atoms with Crippen molar-refractivity contribution in [2.24, 2.45) is 0 Å². The van der Waals surface area contributed by atoms with Gasteiger partial charge in [-0.05, 0) is 42.5 Å². The second kappa shape index (κ2) is 8.87. The molecule has 1 heterocycles. The lowest BCUT2D eigenvalue weighted by Gasteiger charge is -2.32. The number of hydrogen-bond donors (Lipinski definition) is 1. The van der Waals surface area contributed by atoms with Gasteiger partial charge in [-0.2, -0.15) is 0 Å². The van der Waals surface area contributed by atoms with Gasteiger partial charge in [0.25, 0.3) is 0 Å². The molecule has 0 unspecified atom stereocenters. The minimum Gasteiger partial charge on any atom is -0.343 e. The van der Waals surface area contributed by atoms with Crippen LogP contribution in [0.2, 0.25) is 5.02 Å². The molecular formula is C20H23ClN2O3S. The monoisotopic (exact) mass is 406 g/mol. The van der Waals surface area contributed by atoms with Gasteiger partial charge in [0.05, 0.1) is 4.90 Å². The molecule has 7 heteroatoms. The van der Waals surface area contributed by atoms with E-state index in [1.54, 1.807) is 12.1 Å². The van der Waals surface area contributed by atoms with E-state index in [4.69, 9.17) is 11.6 Å². The van der Waals surface area contributed by atoms with E-state index in [1.165, 1.54) is 17.7 Å². The Morgan fingerprint density at radius 1 is 1.07 bits per heavy atom. The van der Waals surface area contributed by atoms with Gasteiger partial charge in [-0.25, -0.2) is 13.1 Å². The highest BCUT2D eigenvalue weighted by Crippen LogP contribution is 2.27. The number of likely N-dealkylation sites (tertiary alicyclic amines) is 1. The average Bonchev–Trinajstić information content (AvgIpc) is 2.68. The van der Waals surface area contributed by atoms with Crippen LogP contribution < -0.4 is 4.72 Å². The molecular weight excluding hydrogens is 384 g/mol. The second-order valence-corrected chi connectivity index (χ2v) is 8.87. The maximum atomic E-state index is 12.4. The number of rotatable bonds is 6. The van der Waals surface area contributed by atoms with Gasteiger partial charge in [-0.15, -0.1) is 0 Å². The molecule has 2 aromatic rings. The molecule has 1 aliphatic rings. The Balaban J connectivity index is 1.46. The summed E-state index contributed by atoms with van der Waals surface area (Å²) in [7, 11) is -3.66. The molecule has 0 bridgehead atoms. The minimum atomic E-state index is -3.66. The molecule has 5 nitrogen and oxygen atoms in total. The van der Waals surface area contributed by atoms with E-state index in [1.807, 2.05) is 23.1 Å². The molecule has 0 spiro atoms. The van der Waals surface area contributed by atoms with E-state index in [2.05, 4.69) is 16.9 Å². The van der Waals surface area contributed by atoms with Crippen LogP contribution in [0.4, 0.5) is 0 Å². The summed E-state index contributed by atoms with van der Waals surface area (Å²) in [4.78, 5) is 14.3. The Bertz CT molecular complexity index is 879. The van der Waals surface area contributed by atoms with Crippen molar-refractivity contribution < 1.29 is 13.2 Å². The number of sulfonamides is 1. The molecule has 0 saturated carbocycles. The van der Waals surface area contributed by atoms with E-state index in [9.17, 15) is 13.2 Å². The number of amides is 1. The van der Waals surface area contributed by atoms with Crippen LogP contribution in [0.5, 0.6) is 0 Å². The summed E-state index contributed by atoms with van der Waals surface area (Å²) in [5.74, 6) is 0.465. The molecule has 0 atom stereocenters. The Kier molecular flexibility index (Phi) is 6.52. The quantitative estimate of drug-likeness (QED) is 0.799. The van der Waals surface area contributed by atoms with Crippen LogP contribution in [-0.2, 0) is 14.8 Å². The summed E-state index contributed by atoms with van der Waals surface area (Å²) in [5.41, 5.74) is 1.32. The summed E-state index contributed by atoms with van der Waals surface area (Å²) in [6, 6.07) is 16.4. The van der Waals surface area contributed by atoms with E-state index in [0.29, 0.717) is 24.0 Å². The molecule has 1 amide bonds. The molecule has 1 fully saturated rings. The molecule has 1 N–H and O–H groups in total. The van der Waals surface area contributed by atoms with E-state index in [0.717, 1.165) is 12.8 Å². The molecule has 2 aromatic carbocycles. The third-order valence-corrected chi connectivity index (χ3v) is 6.55. The number of carbonyl (C=O) groups excluding carboxylic acids is 1. The van der Waals surface area contributed by atoms with E-state index in [-0.39, 0.29) is 23.8 Å². The average molecular weight is 407 g/mol. The second-order valence-electron chi connectivity index (χ2n) is 6.67. The zero-order valence-electron chi connectivity index (χ0n) is 15.0. The number of halogens is 1. The maximum Gasteiger partial charge on any atom is 0.240 e. The summed E-state index contributed by atoms with van der Waals surface area (Å²) in [6.45, 7) is 1.49. The van der Waals surface area contributed by atoms with Crippen LogP contribution in [0.15, 0.2) is 59.5 Å². The fourth-order valence-electron chi connectivity index (χ4n) is 3.36. The minimum absolute atomic E-state index is 0.0182. The molecule has 0 aromatic heterocycles. The smallest absolute Gasteiger partial charge is 0.240 e. The number of hydrogen-bond acceptors (Lipinski definition) is 3. The zero-order chi connectivity index (χ0) is 19.3. The number of piperidine rings is 1. The standard InChI is InChI=1S/C20H23ClN2O3S/c21-18-7-4-8-19(15-18)27(25,26)22-12-9-20(24)23-13-10-17(11-14-23)16-5-2-1-3-6-16/h1-8,15,17,22H,9-14H2. The van der Waals surface area contributed by atoms with Crippen molar-refractivity contribution in [2.45, 2.75) is 30.1 Å². The lowest BCUT2D eigenvalue weighted by molar-refractivity contribution is -0.132. The predicted molar refractivity (Wildman–Crippen MR) is 106 cm³/mol.